The van der Waals surface area contributed by atoms with Crippen LogP contribution in [-0.4, -0.2) is 0 Å². The Morgan fingerprint density at radius 2 is 1.82 bits per heavy atom. The molecule has 0 amide bonds. The highest BCUT2D eigenvalue weighted by molar-refractivity contribution is 5.28. The third-order valence-electron chi connectivity index (χ3n) is 3.04. The zero-order chi connectivity index (χ0) is 12.5. The van der Waals surface area contributed by atoms with Crippen LogP contribution in [0.2, 0.25) is 0 Å². The second-order valence-electron chi connectivity index (χ2n) is 4.69. The minimum absolute atomic E-state index is 0.794. The summed E-state index contributed by atoms with van der Waals surface area (Å²) in [5.41, 5.74) is 2.24. The number of nitriles is 1. The molecule has 1 aliphatic rings. The number of rotatable bonds is 4. The molecule has 1 aliphatic carbocycles. The molecule has 0 atom stereocenters. The summed E-state index contributed by atoms with van der Waals surface area (Å²) < 4.78 is 0. The summed E-state index contributed by atoms with van der Waals surface area (Å²) in [6, 6.07) is 2.02. The van der Waals surface area contributed by atoms with Crippen LogP contribution in [0.4, 0.5) is 0 Å². The van der Waals surface area contributed by atoms with E-state index < -0.39 is 0 Å². The topological polar surface area (TPSA) is 23.8 Å². The molecule has 0 aliphatic heterocycles. The molecule has 0 spiro atoms. The van der Waals surface area contributed by atoms with Crippen LogP contribution in [0.5, 0.6) is 0 Å². The second-order valence-corrected chi connectivity index (χ2v) is 4.69. The van der Waals surface area contributed by atoms with Gasteiger partial charge in [0, 0.05) is 6.08 Å². The van der Waals surface area contributed by atoms with Crippen LogP contribution in [0, 0.1) is 17.2 Å². The van der Waals surface area contributed by atoms with Gasteiger partial charge >= 0.3 is 0 Å². The summed E-state index contributed by atoms with van der Waals surface area (Å²) in [7, 11) is 0. The molecule has 1 saturated carbocycles. The number of hydrogen-bond donors (Lipinski definition) is 0. The zero-order valence-corrected chi connectivity index (χ0v) is 10.8. The number of nitrogens with zero attached hydrogens (tertiary/aromatic N) is 1. The summed E-state index contributed by atoms with van der Waals surface area (Å²) in [5.74, 6) is 0.794. The van der Waals surface area contributed by atoms with E-state index in [0.29, 0.717) is 0 Å². The van der Waals surface area contributed by atoms with E-state index in [1.807, 2.05) is 25.1 Å². The first-order valence-corrected chi connectivity index (χ1v) is 6.32. The fourth-order valence-corrected chi connectivity index (χ4v) is 1.99. The van der Waals surface area contributed by atoms with Gasteiger partial charge in [-0.15, -0.1) is 0 Å². The van der Waals surface area contributed by atoms with Crippen LogP contribution >= 0.6 is 0 Å². The van der Waals surface area contributed by atoms with Gasteiger partial charge in [0.15, 0.2) is 0 Å². The van der Waals surface area contributed by atoms with E-state index in [9.17, 15) is 0 Å². The fourth-order valence-electron chi connectivity index (χ4n) is 1.99. The predicted molar refractivity (Wildman–Crippen MR) is 73.4 cm³/mol. The summed E-state index contributed by atoms with van der Waals surface area (Å²) in [6.45, 7) is 4.04. The van der Waals surface area contributed by atoms with Crippen molar-refractivity contribution in [2.24, 2.45) is 5.92 Å². The van der Waals surface area contributed by atoms with Crippen LogP contribution in [0.15, 0.2) is 47.6 Å². The van der Waals surface area contributed by atoms with E-state index in [1.165, 1.54) is 31.3 Å². The first-order valence-electron chi connectivity index (χ1n) is 6.32. The lowest BCUT2D eigenvalue weighted by atomic mass is 10.1. The minimum atomic E-state index is 0.794. The van der Waals surface area contributed by atoms with Crippen molar-refractivity contribution in [2.45, 2.75) is 39.5 Å². The van der Waals surface area contributed by atoms with Crippen LogP contribution < -0.4 is 0 Å². The van der Waals surface area contributed by atoms with E-state index in [2.05, 4.69) is 25.2 Å². The Hall–Kier alpha value is -1.55. The van der Waals surface area contributed by atoms with Crippen molar-refractivity contribution in [3.63, 3.8) is 0 Å². The minimum Gasteiger partial charge on any atom is -0.193 e. The second kappa shape index (κ2) is 7.68. The van der Waals surface area contributed by atoms with Gasteiger partial charge in [-0.05, 0) is 38.2 Å². The van der Waals surface area contributed by atoms with E-state index in [0.717, 1.165) is 11.5 Å². The Morgan fingerprint density at radius 3 is 2.47 bits per heavy atom. The first kappa shape index (κ1) is 13.5. The van der Waals surface area contributed by atoms with Crippen molar-refractivity contribution in [3.8, 4) is 6.07 Å². The fraction of sp³-hybridized carbons (Fsp3) is 0.438. The lowest BCUT2D eigenvalue weighted by Crippen LogP contribution is -1.85. The van der Waals surface area contributed by atoms with Crippen molar-refractivity contribution < 1.29 is 0 Å². The highest BCUT2D eigenvalue weighted by atomic mass is 14.2. The lowest BCUT2D eigenvalue weighted by Gasteiger charge is -1.99. The molecule has 1 heteroatoms. The van der Waals surface area contributed by atoms with Crippen LogP contribution in [-0.2, 0) is 0 Å². The Kier molecular flexibility index (Phi) is 6.10. The molecule has 0 heterocycles. The molecule has 0 N–H and O–H groups in total. The van der Waals surface area contributed by atoms with Gasteiger partial charge in [0.2, 0.25) is 0 Å². The van der Waals surface area contributed by atoms with E-state index >= 15 is 0 Å². The van der Waals surface area contributed by atoms with Crippen molar-refractivity contribution in [2.75, 3.05) is 0 Å². The van der Waals surface area contributed by atoms with E-state index in [1.54, 1.807) is 6.08 Å². The number of hydrogen-bond acceptors (Lipinski definition) is 1. The zero-order valence-electron chi connectivity index (χ0n) is 10.8. The van der Waals surface area contributed by atoms with Gasteiger partial charge in [0.1, 0.15) is 0 Å². The molecule has 0 aromatic heterocycles. The highest BCUT2D eigenvalue weighted by Gasteiger charge is 2.10. The molecule has 0 aromatic rings. The molecule has 0 bridgehead atoms. The Balaban J connectivity index is 2.44. The predicted octanol–water partition coefficient (Wildman–Crippen LogP) is 4.71. The first-order chi connectivity index (χ1) is 8.22. The smallest absolute Gasteiger partial charge is 0.0914 e. The van der Waals surface area contributed by atoms with Gasteiger partial charge in [-0.1, -0.05) is 48.8 Å². The Bertz CT molecular complexity index is 382. The Morgan fingerprint density at radius 1 is 1.12 bits per heavy atom. The molecule has 1 fully saturated rings. The molecular weight excluding hydrogens is 206 g/mol. The van der Waals surface area contributed by atoms with E-state index in [-0.39, 0.29) is 0 Å². The SMILES string of the molecule is CC(/C=C/C=C(C)/C=C/C1CCCC1)=C\C#N. The van der Waals surface area contributed by atoms with Crippen LogP contribution in [0.25, 0.3) is 0 Å². The maximum absolute atomic E-state index is 8.46. The Labute approximate surface area is 105 Å². The van der Waals surface area contributed by atoms with Crippen LogP contribution in [0.1, 0.15) is 39.5 Å². The maximum atomic E-state index is 8.46. The molecular formula is C16H21N. The van der Waals surface area contributed by atoms with Crippen molar-refractivity contribution in [1.29, 1.82) is 5.26 Å². The van der Waals surface area contributed by atoms with Crippen LogP contribution in [0.3, 0.4) is 0 Å². The lowest BCUT2D eigenvalue weighted by molar-refractivity contribution is 0.685. The molecule has 0 aromatic carbocycles. The van der Waals surface area contributed by atoms with Gasteiger partial charge in [-0.3, -0.25) is 0 Å². The van der Waals surface area contributed by atoms with Gasteiger partial charge in [-0.2, -0.15) is 5.26 Å². The van der Waals surface area contributed by atoms with Crippen molar-refractivity contribution in [1.82, 2.24) is 0 Å². The summed E-state index contributed by atoms with van der Waals surface area (Å²) in [6.07, 6.45) is 17.6. The van der Waals surface area contributed by atoms with Gasteiger partial charge in [0.25, 0.3) is 0 Å². The largest absolute Gasteiger partial charge is 0.193 e. The van der Waals surface area contributed by atoms with Gasteiger partial charge in [-0.25, -0.2) is 0 Å². The van der Waals surface area contributed by atoms with Gasteiger partial charge < -0.3 is 0 Å². The number of allylic oxidation sites excluding steroid dienone is 8. The van der Waals surface area contributed by atoms with Gasteiger partial charge in [0.05, 0.1) is 6.07 Å². The third-order valence-corrected chi connectivity index (χ3v) is 3.04. The summed E-state index contributed by atoms with van der Waals surface area (Å²) >= 11 is 0. The maximum Gasteiger partial charge on any atom is 0.0914 e. The average Bonchev–Trinajstić information content (AvgIpc) is 2.79. The normalized spacial score (nSPS) is 19.4. The quantitative estimate of drug-likeness (QED) is 0.504. The van der Waals surface area contributed by atoms with Crippen molar-refractivity contribution >= 4 is 0 Å². The molecule has 0 radical (unpaired) electrons. The molecule has 90 valence electrons. The monoisotopic (exact) mass is 227 g/mol. The molecule has 1 rings (SSSR count). The average molecular weight is 227 g/mol. The molecule has 17 heavy (non-hydrogen) atoms. The molecule has 1 nitrogen and oxygen atoms in total. The highest BCUT2D eigenvalue weighted by Crippen LogP contribution is 2.25. The van der Waals surface area contributed by atoms with Crippen molar-refractivity contribution in [3.05, 3.63) is 47.6 Å². The third kappa shape index (κ3) is 5.92. The molecule has 0 unspecified atom stereocenters. The van der Waals surface area contributed by atoms with E-state index in [4.69, 9.17) is 5.26 Å². The summed E-state index contributed by atoms with van der Waals surface area (Å²) in [5, 5.41) is 8.46. The standard InChI is InChI=1S/C16H21N/c1-14(6-5-7-15(2)12-13-17)10-11-16-8-3-4-9-16/h5-7,10-12,16H,3-4,8-9H2,1-2H3/b7-5+,11-10+,14-6+,15-12+. The summed E-state index contributed by atoms with van der Waals surface area (Å²) in [4.78, 5) is 0. The molecule has 0 saturated heterocycles.